The van der Waals surface area contributed by atoms with Crippen LogP contribution >= 0.6 is 0 Å². The van der Waals surface area contributed by atoms with Gasteiger partial charge in [-0.15, -0.1) is 0 Å². The van der Waals surface area contributed by atoms with E-state index in [1.54, 1.807) is 0 Å². The van der Waals surface area contributed by atoms with E-state index in [0.29, 0.717) is 5.82 Å². The molecule has 0 aliphatic rings. The summed E-state index contributed by atoms with van der Waals surface area (Å²) in [5.74, 6) is 0.558. The van der Waals surface area contributed by atoms with Crippen molar-refractivity contribution in [3.63, 3.8) is 0 Å². The van der Waals surface area contributed by atoms with Gasteiger partial charge in [-0.1, -0.05) is 0 Å². The number of nitrogen functional groups attached to an aromatic ring is 1. The minimum atomic E-state index is 0.204. The molecular weight excluding hydrogens is 152 g/mol. The molecule has 0 saturated carbocycles. The van der Waals surface area contributed by atoms with E-state index in [1.807, 2.05) is 19.1 Å². The quantitative estimate of drug-likeness (QED) is 0.701. The van der Waals surface area contributed by atoms with Crippen molar-refractivity contribution in [2.75, 3.05) is 12.3 Å². The van der Waals surface area contributed by atoms with Crippen LogP contribution in [0.15, 0.2) is 12.1 Å². The molecule has 0 fully saturated rings. The first-order chi connectivity index (χ1) is 5.72. The molecule has 1 rings (SSSR count). The molecule has 1 aromatic rings. The van der Waals surface area contributed by atoms with Crippen molar-refractivity contribution in [1.82, 2.24) is 4.98 Å². The van der Waals surface area contributed by atoms with Crippen LogP contribution in [0.5, 0.6) is 0 Å². The first kappa shape index (κ1) is 9.00. The van der Waals surface area contributed by atoms with Crippen LogP contribution in [0.2, 0.25) is 0 Å². The fourth-order valence-corrected chi connectivity index (χ4v) is 1.16. The number of nitrogens with two attached hydrogens (primary N) is 1. The summed E-state index contributed by atoms with van der Waals surface area (Å²) in [6, 6.07) is 3.83. The summed E-state index contributed by atoms with van der Waals surface area (Å²) in [7, 11) is 0. The van der Waals surface area contributed by atoms with E-state index in [-0.39, 0.29) is 6.61 Å². The van der Waals surface area contributed by atoms with E-state index in [2.05, 4.69) is 4.98 Å². The van der Waals surface area contributed by atoms with Gasteiger partial charge in [0.15, 0.2) is 0 Å². The van der Waals surface area contributed by atoms with Crippen LogP contribution < -0.4 is 5.73 Å². The Labute approximate surface area is 72.2 Å². The lowest BCUT2D eigenvalue weighted by molar-refractivity contribution is 0.288. The fraction of sp³-hybridized carbons (Fsp3) is 0.444. The van der Waals surface area contributed by atoms with Crippen molar-refractivity contribution in [2.45, 2.75) is 19.8 Å². The summed E-state index contributed by atoms with van der Waals surface area (Å²) < 4.78 is 0. The van der Waals surface area contributed by atoms with Crippen LogP contribution in [0.1, 0.15) is 17.7 Å². The summed E-state index contributed by atoms with van der Waals surface area (Å²) >= 11 is 0. The van der Waals surface area contributed by atoms with E-state index in [9.17, 15) is 0 Å². The molecule has 3 nitrogen and oxygen atoms in total. The molecule has 66 valence electrons. The van der Waals surface area contributed by atoms with Crippen molar-refractivity contribution >= 4 is 5.82 Å². The molecule has 3 N–H and O–H groups in total. The molecular formula is C9H14N2O. The van der Waals surface area contributed by atoms with Crippen LogP contribution in [0, 0.1) is 6.92 Å². The van der Waals surface area contributed by atoms with Gasteiger partial charge >= 0.3 is 0 Å². The standard InChI is InChI=1S/C9H14N2O/c1-7-5-8(3-2-4-12)11-9(10)6-7/h5-6,12H,2-4H2,1H3,(H2,10,11). The largest absolute Gasteiger partial charge is 0.396 e. The van der Waals surface area contributed by atoms with E-state index < -0.39 is 0 Å². The molecule has 0 aliphatic carbocycles. The van der Waals surface area contributed by atoms with Crippen LogP contribution in [0.3, 0.4) is 0 Å². The molecule has 0 bridgehead atoms. The maximum Gasteiger partial charge on any atom is 0.123 e. The Morgan fingerprint density at radius 3 is 2.83 bits per heavy atom. The summed E-state index contributed by atoms with van der Waals surface area (Å²) in [5, 5.41) is 8.61. The van der Waals surface area contributed by atoms with Crippen molar-refractivity contribution < 1.29 is 5.11 Å². The number of pyridine rings is 1. The minimum Gasteiger partial charge on any atom is -0.396 e. The van der Waals surface area contributed by atoms with Gasteiger partial charge in [0.1, 0.15) is 5.82 Å². The number of hydrogen-bond acceptors (Lipinski definition) is 3. The number of anilines is 1. The lowest BCUT2D eigenvalue weighted by Crippen LogP contribution is -1.98. The van der Waals surface area contributed by atoms with Gasteiger partial charge in [-0.3, -0.25) is 0 Å². The van der Waals surface area contributed by atoms with E-state index in [0.717, 1.165) is 24.1 Å². The predicted octanol–water partition coefficient (Wildman–Crippen LogP) is 0.897. The highest BCUT2D eigenvalue weighted by Crippen LogP contribution is 2.07. The molecule has 0 unspecified atom stereocenters. The van der Waals surface area contributed by atoms with Crippen LogP contribution in [0.4, 0.5) is 5.82 Å². The Balaban J connectivity index is 2.72. The Hall–Kier alpha value is -1.09. The van der Waals surface area contributed by atoms with Crippen molar-refractivity contribution in [2.24, 2.45) is 0 Å². The van der Waals surface area contributed by atoms with Gasteiger partial charge in [-0.05, 0) is 37.5 Å². The molecule has 0 amide bonds. The molecule has 0 spiro atoms. The maximum atomic E-state index is 8.61. The van der Waals surface area contributed by atoms with Gasteiger partial charge in [0.25, 0.3) is 0 Å². The van der Waals surface area contributed by atoms with Crippen LogP contribution in [0.25, 0.3) is 0 Å². The first-order valence-electron chi connectivity index (χ1n) is 4.06. The lowest BCUT2D eigenvalue weighted by Gasteiger charge is -2.01. The predicted molar refractivity (Wildman–Crippen MR) is 48.8 cm³/mol. The average Bonchev–Trinajstić information content (AvgIpc) is 1.99. The highest BCUT2D eigenvalue weighted by molar-refractivity contribution is 5.34. The Morgan fingerprint density at radius 2 is 2.25 bits per heavy atom. The van der Waals surface area contributed by atoms with E-state index >= 15 is 0 Å². The van der Waals surface area contributed by atoms with Crippen LogP contribution in [-0.4, -0.2) is 16.7 Å². The number of aliphatic hydroxyl groups excluding tert-OH is 1. The zero-order valence-electron chi connectivity index (χ0n) is 7.25. The maximum absolute atomic E-state index is 8.61. The van der Waals surface area contributed by atoms with E-state index in [4.69, 9.17) is 10.8 Å². The molecule has 0 saturated heterocycles. The minimum absolute atomic E-state index is 0.204. The molecule has 0 radical (unpaired) electrons. The first-order valence-corrected chi connectivity index (χ1v) is 4.06. The number of rotatable bonds is 3. The molecule has 1 heterocycles. The molecule has 0 aliphatic heterocycles. The van der Waals surface area contributed by atoms with Gasteiger partial charge in [0, 0.05) is 12.3 Å². The summed E-state index contributed by atoms with van der Waals surface area (Å²) in [6.45, 7) is 2.19. The molecule has 3 heteroatoms. The van der Waals surface area contributed by atoms with Gasteiger partial charge in [0.2, 0.25) is 0 Å². The molecule has 0 atom stereocenters. The topological polar surface area (TPSA) is 59.1 Å². The fourth-order valence-electron chi connectivity index (χ4n) is 1.16. The third-order valence-corrected chi connectivity index (χ3v) is 1.63. The van der Waals surface area contributed by atoms with Gasteiger partial charge in [0.05, 0.1) is 0 Å². The second-order valence-corrected chi connectivity index (χ2v) is 2.89. The van der Waals surface area contributed by atoms with Crippen molar-refractivity contribution in [3.8, 4) is 0 Å². The number of aryl methyl sites for hydroxylation is 2. The SMILES string of the molecule is Cc1cc(N)nc(CCCO)c1. The summed E-state index contributed by atoms with van der Waals surface area (Å²) in [5.41, 5.74) is 7.64. The monoisotopic (exact) mass is 166 g/mol. The Morgan fingerprint density at radius 1 is 1.50 bits per heavy atom. The second kappa shape index (κ2) is 4.07. The van der Waals surface area contributed by atoms with Gasteiger partial charge in [-0.2, -0.15) is 0 Å². The second-order valence-electron chi connectivity index (χ2n) is 2.89. The van der Waals surface area contributed by atoms with Crippen molar-refractivity contribution in [1.29, 1.82) is 0 Å². The van der Waals surface area contributed by atoms with Gasteiger partial charge in [-0.25, -0.2) is 4.98 Å². The normalized spacial score (nSPS) is 10.2. The zero-order chi connectivity index (χ0) is 8.97. The van der Waals surface area contributed by atoms with Crippen LogP contribution in [-0.2, 0) is 6.42 Å². The van der Waals surface area contributed by atoms with E-state index in [1.165, 1.54) is 0 Å². The third kappa shape index (κ3) is 2.51. The summed E-state index contributed by atoms with van der Waals surface area (Å²) in [6.07, 6.45) is 1.54. The summed E-state index contributed by atoms with van der Waals surface area (Å²) in [4.78, 5) is 4.14. The number of nitrogens with zero attached hydrogens (tertiary/aromatic N) is 1. The number of aromatic nitrogens is 1. The molecule has 0 aromatic carbocycles. The highest BCUT2D eigenvalue weighted by atomic mass is 16.2. The number of hydrogen-bond donors (Lipinski definition) is 2. The van der Waals surface area contributed by atoms with Crippen molar-refractivity contribution in [3.05, 3.63) is 23.4 Å². The molecule has 12 heavy (non-hydrogen) atoms. The zero-order valence-corrected chi connectivity index (χ0v) is 7.25. The Kier molecular flexibility index (Phi) is 3.05. The lowest BCUT2D eigenvalue weighted by atomic mass is 10.2. The van der Waals surface area contributed by atoms with Gasteiger partial charge < -0.3 is 10.8 Å². The Bertz CT molecular complexity index is 240. The highest BCUT2D eigenvalue weighted by Gasteiger charge is 1.96. The third-order valence-electron chi connectivity index (χ3n) is 1.63. The smallest absolute Gasteiger partial charge is 0.123 e. The average molecular weight is 166 g/mol. The molecule has 1 aromatic heterocycles. The number of aliphatic hydroxyl groups is 1.